The van der Waals surface area contributed by atoms with Crippen molar-refractivity contribution in [2.24, 2.45) is 0 Å². The van der Waals surface area contributed by atoms with Crippen molar-refractivity contribution < 1.29 is 18.3 Å². The van der Waals surface area contributed by atoms with Gasteiger partial charge in [0, 0.05) is 34.3 Å². The highest BCUT2D eigenvalue weighted by Gasteiger charge is 2.24. The van der Waals surface area contributed by atoms with Gasteiger partial charge >= 0.3 is 0 Å². The molecule has 0 spiro atoms. The van der Waals surface area contributed by atoms with Gasteiger partial charge in [-0.15, -0.1) is 0 Å². The van der Waals surface area contributed by atoms with E-state index in [2.05, 4.69) is 5.32 Å². The summed E-state index contributed by atoms with van der Waals surface area (Å²) in [6.45, 7) is 3.24. The molecule has 1 unspecified atom stereocenters. The Hall–Kier alpha value is -0.990. The average molecular weight is 316 g/mol. The maximum Gasteiger partial charge on any atom is 0.242 e. The molecule has 0 amide bonds. The zero-order valence-corrected chi connectivity index (χ0v) is 13.8. The van der Waals surface area contributed by atoms with E-state index in [1.54, 1.807) is 26.2 Å². The van der Waals surface area contributed by atoms with E-state index in [1.807, 2.05) is 0 Å². The SMILES string of the molecule is COCCNCC(C)(O)c1ccc(S(=O)(=O)N(C)C)cc1. The summed E-state index contributed by atoms with van der Waals surface area (Å²) in [6, 6.07) is 6.28. The van der Waals surface area contributed by atoms with E-state index < -0.39 is 15.6 Å². The second-order valence-corrected chi connectivity index (χ2v) is 7.41. The van der Waals surface area contributed by atoms with E-state index in [0.717, 1.165) is 4.31 Å². The summed E-state index contributed by atoms with van der Waals surface area (Å²) < 4.78 is 30.0. The minimum absolute atomic E-state index is 0.208. The smallest absolute Gasteiger partial charge is 0.242 e. The summed E-state index contributed by atoms with van der Waals surface area (Å²) in [5, 5.41) is 13.5. The number of sulfonamides is 1. The summed E-state index contributed by atoms with van der Waals surface area (Å²) in [4.78, 5) is 0.208. The minimum atomic E-state index is -3.44. The molecule has 0 aliphatic carbocycles. The van der Waals surface area contributed by atoms with Crippen LogP contribution in [-0.4, -0.2) is 58.7 Å². The molecule has 0 aliphatic rings. The second kappa shape index (κ2) is 7.33. The van der Waals surface area contributed by atoms with Crippen LogP contribution in [0.25, 0.3) is 0 Å². The third-order valence-electron chi connectivity index (χ3n) is 3.21. The zero-order chi connectivity index (χ0) is 16.1. The van der Waals surface area contributed by atoms with Gasteiger partial charge in [0.1, 0.15) is 0 Å². The summed E-state index contributed by atoms with van der Waals surface area (Å²) in [7, 11) is 1.14. The molecule has 0 saturated carbocycles. The maximum atomic E-state index is 12.0. The summed E-state index contributed by atoms with van der Waals surface area (Å²) in [6.07, 6.45) is 0. The number of nitrogens with zero attached hydrogens (tertiary/aromatic N) is 1. The highest BCUT2D eigenvalue weighted by atomic mass is 32.2. The molecule has 21 heavy (non-hydrogen) atoms. The van der Waals surface area contributed by atoms with Gasteiger partial charge in [0.25, 0.3) is 0 Å². The summed E-state index contributed by atoms with van der Waals surface area (Å²) in [5.41, 5.74) is -0.418. The Morgan fingerprint density at radius 3 is 2.33 bits per heavy atom. The Balaban J connectivity index is 2.82. The normalized spacial score (nSPS) is 15.1. The molecule has 0 bridgehead atoms. The van der Waals surface area contributed by atoms with Crippen molar-refractivity contribution in [2.45, 2.75) is 17.4 Å². The molecule has 1 aromatic carbocycles. The quantitative estimate of drug-likeness (QED) is 0.678. The van der Waals surface area contributed by atoms with Crippen LogP contribution in [0.2, 0.25) is 0 Å². The van der Waals surface area contributed by atoms with E-state index in [0.29, 0.717) is 25.3 Å². The summed E-state index contributed by atoms with van der Waals surface area (Å²) >= 11 is 0. The maximum absolute atomic E-state index is 12.0. The van der Waals surface area contributed by atoms with E-state index in [4.69, 9.17) is 4.74 Å². The third kappa shape index (κ3) is 4.76. The fourth-order valence-corrected chi connectivity index (χ4v) is 2.71. The number of rotatable bonds is 8. The van der Waals surface area contributed by atoms with Gasteiger partial charge in [0.2, 0.25) is 10.0 Å². The lowest BCUT2D eigenvalue weighted by molar-refractivity contribution is 0.0549. The van der Waals surface area contributed by atoms with E-state index >= 15 is 0 Å². The number of aliphatic hydroxyl groups is 1. The first-order chi connectivity index (χ1) is 9.71. The standard InChI is InChI=1S/C14H24N2O4S/c1-14(17,11-15-9-10-20-4)12-5-7-13(8-6-12)21(18,19)16(2)3/h5-8,15,17H,9-11H2,1-4H3. The molecular weight excluding hydrogens is 292 g/mol. The molecule has 1 aromatic rings. The van der Waals surface area contributed by atoms with E-state index in [1.165, 1.54) is 26.2 Å². The molecule has 2 N–H and O–H groups in total. The predicted octanol–water partition coefficient (Wildman–Crippen LogP) is 0.380. The van der Waals surface area contributed by atoms with E-state index in [9.17, 15) is 13.5 Å². The first-order valence-corrected chi connectivity index (χ1v) is 8.11. The van der Waals surface area contributed by atoms with Crippen molar-refractivity contribution in [2.75, 3.05) is 40.9 Å². The topological polar surface area (TPSA) is 78.9 Å². The Morgan fingerprint density at radius 1 is 1.29 bits per heavy atom. The van der Waals surface area contributed by atoms with Gasteiger partial charge < -0.3 is 15.2 Å². The Labute approximate surface area is 126 Å². The van der Waals surface area contributed by atoms with Crippen LogP contribution in [0.4, 0.5) is 0 Å². The number of ether oxygens (including phenoxy) is 1. The van der Waals surface area contributed by atoms with Crippen LogP contribution in [0.15, 0.2) is 29.2 Å². The Kier molecular flexibility index (Phi) is 6.30. The van der Waals surface area contributed by atoms with E-state index in [-0.39, 0.29) is 4.90 Å². The Bertz CT molecular complexity index is 539. The molecule has 0 heterocycles. The molecule has 1 atom stereocenters. The van der Waals surface area contributed by atoms with Gasteiger partial charge in [-0.2, -0.15) is 0 Å². The summed E-state index contributed by atoms with van der Waals surface area (Å²) in [5.74, 6) is 0. The molecule has 0 saturated heterocycles. The minimum Gasteiger partial charge on any atom is -0.384 e. The molecule has 0 aromatic heterocycles. The molecule has 120 valence electrons. The third-order valence-corrected chi connectivity index (χ3v) is 5.04. The van der Waals surface area contributed by atoms with Gasteiger partial charge in [-0.3, -0.25) is 0 Å². The van der Waals surface area contributed by atoms with Gasteiger partial charge in [-0.25, -0.2) is 12.7 Å². The van der Waals surface area contributed by atoms with Crippen LogP contribution < -0.4 is 5.32 Å². The van der Waals surface area contributed by atoms with Crippen molar-refractivity contribution in [3.8, 4) is 0 Å². The number of nitrogens with one attached hydrogen (secondary N) is 1. The fraction of sp³-hybridized carbons (Fsp3) is 0.571. The molecule has 0 fully saturated rings. The lowest BCUT2D eigenvalue weighted by Gasteiger charge is -2.24. The molecule has 0 aliphatic heterocycles. The molecule has 1 rings (SSSR count). The van der Waals surface area contributed by atoms with Crippen molar-refractivity contribution in [1.29, 1.82) is 0 Å². The lowest BCUT2D eigenvalue weighted by atomic mass is 9.96. The van der Waals surface area contributed by atoms with Crippen molar-refractivity contribution >= 4 is 10.0 Å². The van der Waals surface area contributed by atoms with Crippen LogP contribution in [0.1, 0.15) is 12.5 Å². The van der Waals surface area contributed by atoms with Crippen LogP contribution in [0.3, 0.4) is 0 Å². The Morgan fingerprint density at radius 2 is 1.86 bits per heavy atom. The number of hydrogen-bond acceptors (Lipinski definition) is 5. The van der Waals surface area contributed by atoms with Gasteiger partial charge in [0.05, 0.1) is 17.1 Å². The molecule has 0 radical (unpaired) electrons. The fourth-order valence-electron chi connectivity index (χ4n) is 1.80. The molecule has 6 nitrogen and oxygen atoms in total. The van der Waals surface area contributed by atoms with Gasteiger partial charge in [-0.05, 0) is 24.6 Å². The van der Waals surface area contributed by atoms with Gasteiger partial charge in [0.15, 0.2) is 0 Å². The first kappa shape index (κ1) is 18.1. The number of hydrogen-bond donors (Lipinski definition) is 2. The van der Waals surface area contributed by atoms with Crippen LogP contribution >= 0.6 is 0 Å². The molecular formula is C14H24N2O4S. The highest BCUT2D eigenvalue weighted by Crippen LogP contribution is 2.22. The predicted molar refractivity (Wildman–Crippen MR) is 81.6 cm³/mol. The lowest BCUT2D eigenvalue weighted by Crippen LogP contribution is -2.36. The number of benzene rings is 1. The van der Waals surface area contributed by atoms with Crippen LogP contribution in [0, 0.1) is 0 Å². The van der Waals surface area contributed by atoms with Crippen LogP contribution in [-0.2, 0) is 20.4 Å². The highest BCUT2D eigenvalue weighted by molar-refractivity contribution is 7.89. The zero-order valence-electron chi connectivity index (χ0n) is 13.0. The average Bonchev–Trinajstić information content (AvgIpc) is 2.43. The monoisotopic (exact) mass is 316 g/mol. The van der Waals surface area contributed by atoms with Crippen molar-refractivity contribution in [3.05, 3.63) is 29.8 Å². The van der Waals surface area contributed by atoms with Crippen LogP contribution in [0.5, 0.6) is 0 Å². The largest absolute Gasteiger partial charge is 0.384 e. The van der Waals surface area contributed by atoms with Crippen molar-refractivity contribution in [1.82, 2.24) is 9.62 Å². The second-order valence-electron chi connectivity index (χ2n) is 5.26. The number of methoxy groups -OCH3 is 1. The van der Waals surface area contributed by atoms with Gasteiger partial charge in [-0.1, -0.05) is 12.1 Å². The first-order valence-electron chi connectivity index (χ1n) is 6.67. The molecule has 7 heteroatoms. The van der Waals surface area contributed by atoms with Crippen molar-refractivity contribution in [3.63, 3.8) is 0 Å².